The molecule has 1 heterocycles. The molecule has 0 fully saturated rings. The van der Waals surface area contributed by atoms with Crippen LogP contribution in [0.1, 0.15) is 36.3 Å². The second-order valence-corrected chi connectivity index (χ2v) is 6.99. The monoisotopic (exact) mass is 391 g/mol. The Bertz CT molecular complexity index is 784. The lowest BCUT2D eigenvalue weighted by molar-refractivity contribution is -0.117. The molecule has 0 aliphatic rings. The van der Waals surface area contributed by atoms with Gasteiger partial charge in [-0.1, -0.05) is 6.92 Å². The van der Waals surface area contributed by atoms with Gasteiger partial charge in [-0.3, -0.25) is 9.59 Å². The van der Waals surface area contributed by atoms with Crippen LogP contribution in [-0.4, -0.2) is 48.5 Å². The van der Waals surface area contributed by atoms with Crippen LogP contribution in [0.3, 0.4) is 0 Å². The molecule has 0 spiro atoms. The second kappa shape index (κ2) is 9.36. The summed E-state index contributed by atoms with van der Waals surface area (Å²) in [5.74, 6) is 0.494. The highest BCUT2D eigenvalue weighted by atomic mass is 32.1. The number of anilines is 1. The van der Waals surface area contributed by atoms with Crippen LogP contribution in [0, 0.1) is 6.92 Å². The van der Waals surface area contributed by atoms with Crippen LogP contribution in [0.25, 0.3) is 0 Å². The van der Waals surface area contributed by atoms with E-state index in [4.69, 9.17) is 9.47 Å². The molecule has 0 saturated heterocycles. The summed E-state index contributed by atoms with van der Waals surface area (Å²) >= 11 is 1.35. The highest BCUT2D eigenvalue weighted by molar-refractivity contribution is 7.13. The zero-order valence-corrected chi connectivity index (χ0v) is 17.1. The number of amides is 2. The number of hydrogen-bond donors (Lipinski definition) is 1. The zero-order valence-electron chi connectivity index (χ0n) is 16.2. The van der Waals surface area contributed by atoms with Crippen molar-refractivity contribution in [1.82, 2.24) is 9.88 Å². The fraction of sp³-hybridized carbons (Fsp3) is 0.421. The molecule has 1 atom stereocenters. The maximum atomic E-state index is 13.1. The van der Waals surface area contributed by atoms with Crippen molar-refractivity contribution in [1.29, 1.82) is 0 Å². The molecule has 0 bridgehead atoms. The number of aryl methyl sites for hydroxylation is 1. The van der Waals surface area contributed by atoms with Crippen molar-refractivity contribution >= 4 is 28.3 Å². The van der Waals surface area contributed by atoms with Crippen molar-refractivity contribution in [3.63, 3.8) is 0 Å². The Kier molecular flexibility index (Phi) is 7.18. The summed E-state index contributed by atoms with van der Waals surface area (Å²) in [6.45, 7) is 5.68. The van der Waals surface area contributed by atoms with Gasteiger partial charge in [0.25, 0.3) is 5.91 Å². The van der Waals surface area contributed by atoms with Crippen LogP contribution < -0.4 is 14.8 Å². The Morgan fingerprint density at radius 2 is 1.85 bits per heavy atom. The minimum absolute atomic E-state index is 0.0635. The largest absolute Gasteiger partial charge is 0.497 e. The van der Waals surface area contributed by atoms with Crippen LogP contribution in [-0.2, 0) is 4.79 Å². The van der Waals surface area contributed by atoms with Gasteiger partial charge < -0.3 is 19.7 Å². The van der Waals surface area contributed by atoms with Gasteiger partial charge in [0, 0.05) is 23.1 Å². The predicted molar refractivity (Wildman–Crippen MR) is 106 cm³/mol. The first-order chi connectivity index (χ1) is 12.9. The maximum Gasteiger partial charge on any atom is 0.254 e. The fourth-order valence-corrected chi connectivity index (χ4v) is 3.17. The van der Waals surface area contributed by atoms with Crippen LogP contribution in [0.4, 0.5) is 5.13 Å². The van der Waals surface area contributed by atoms with Crippen molar-refractivity contribution in [2.24, 2.45) is 0 Å². The van der Waals surface area contributed by atoms with E-state index < -0.39 is 0 Å². The molecule has 146 valence electrons. The van der Waals surface area contributed by atoms with Crippen LogP contribution in [0.2, 0.25) is 0 Å². The van der Waals surface area contributed by atoms with E-state index >= 15 is 0 Å². The van der Waals surface area contributed by atoms with E-state index in [0.29, 0.717) is 22.2 Å². The zero-order chi connectivity index (χ0) is 20.0. The minimum Gasteiger partial charge on any atom is -0.497 e. The fourth-order valence-electron chi connectivity index (χ4n) is 2.47. The summed E-state index contributed by atoms with van der Waals surface area (Å²) in [4.78, 5) is 31.3. The van der Waals surface area contributed by atoms with Crippen LogP contribution in [0.5, 0.6) is 11.5 Å². The van der Waals surface area contributed by atoms with Gasteiger partial charge in [-0.2, -0.15) is 0 Å². The SMILES string of the molecule is CCC(C)N(CC(=O)Nc1nc(C)cs1)C(=O)c1cc(OC)cc(OC)c1. The molecule has 0 aliphatic carbocycles. The number of methoxy groups -OCH3 is 2. The third-order valence-electron chi connectivity index (χ3n) is 4.16. The van der Waals surface area contributed by atoms with Crippen molar-refractivity contribution in [3.8, 4) is 11.5 Å². The van der Waals surface area contributed by atoms with Gasteiger partial charge in [0.1, 0.15) is 18.0 Å². The number of rotatable bonds is 8. The quantitative estimate of drug-likeness (QED) is 0.746. The Morgan fingerprint density at radius 1 is 1.22 bits per heavy atom. The van der Waals surface area contributed by atoms with Gasteiger partial charge in [0.15, 0.2) is 5.13 Å². The molecule has 1 aromatic carbocycles. The molecule has 1 unspecified atom stereocenters. The number of nitrogens with one attached hydrogen (secondary N) is 1. The summed E-state index contributed by atoms with van der Waals surface area (Å²) in [5.41, 5.74) is 1.25. The molecule has 0 radical (unpaired) electrons. The number of nitrogens with zero attached hydrogens (tertiary/aromatic N) is 2. The Hall–Kier alpha value is -2.61. The number of aromatic nitrogens is 1. The Labute approximate surface area is 163 Å². The van der Waals surface area contributed by atoms with E-state index in [1.807, 2.05) is 26.2 Å². The summed E-state index contributed by atoms with van der Waals surface area (Å²) in [7, 11) is 3.05. The molecule has 8 heteroatoms. The number of carbonyl (C=O) groups is 2. The van der Waals surface area contributed by atoms with Gasteiger partial charge in [0.2, 0.25) is 5.91 Å². The van der Waals surface area contributed by atoms with E-state index in [0.717, 1.165) is 12.1 Å². The Balaban J connectivity index is 2.22. The number of hydrogen-bond acceptors (Lipinski definition) is 6. The van der Waals surface area contributed by atoms with Crippen molar-refractivity contribution < 1.29 is 19.1 Å². The molecule has 1 N–H and O–H groups in total. The predicted octanol–water partition coefficient (Wildman–Crippen LogP) is 3.35. The number of carbonyl (C=O) groups excluding carboxylic acids is 2. The molecule has 27 heavy (non-hydrogen) atoms. The van der Waals surface area contributed by atoms with E-state index in [9.17, 15) is 9.59 Å². The molecule has 2 rings (SSSR count). The molecule has 0 aliphatic heterocycles. The minimum atomic E-state index is -0.284. The van der Waals surface area contributed by atoms with Crippen molar-refractivity contribution in [2.45, 2.75) is 33.2 Å². The summed E-state index contributed by atoms with van der Waals surface area (Å²) in [6, 6.07) is 4.87. The second-order valence-electron chi connectivity index (χ2n) is 6.13. The summed E-state index contributed by atoms with van der Waals surface area (Å²) in [5, 5.41) is 5.13. The van der Waals surface area contributed by atoms with E-state index in [-0.39, 0.29) is 24.4 Å². The average molecular weight is 391 g/mol. The first-order valence-corrected chi connectivity index (χ1v) is 9.51. The van der Waals surface area contributed by atoms with Gasteiger partial charge in [-0.15, -0.1) is 11.3 Å². The maximum absolute atomic E-state index is 13.1. The average Bonchev–Trinajstić information content (AvgIpc) is 3.08. The molecule has 1 aromatic heterocycles. The standard InChI is InChI=1S/C19H25N3O4S/c1-6-13(3)22(10-17(23)21-19-20-12(2)11-27-19)18(24)14-7-15(25-4)9-16(8-14)26-5/h7-9,11,13H,6,10H2,1-5H3,(H,20,21,23). The van der Waals surface area contributed by atoms with Crippen molar-refractivity contribution in [2.75, 3.05) is 26.1 Å². The molecule has 7 nitrogen and oxygen atoms in total. The van der Waals surface area contributed by atoms with E-state index in [1.54, 1.807) is 23.1 Å². The number of ether oxygens (including phenoxy) is 2. The first kappa shape index (κ1) is 20.7. The smallest absolute Gasteiger partial charge is 0.254 e. The normalized spacial score (nSPS) is 11.6. The first-order valence-electron chi connectivity index (χ1n) is 8.64. The van der Waals surface area contributed by atoms with Gasteiger partial charge in [-0.05, 0) is 32.4 Å². The van der Waals surface area contributed by atoms with Crippen LogP contribution >= 0.6 is 11.3 Å². The summed E-state index contributed by atoms with van der Waals surface area (Å²) < 4.78 is 10.5. The lowest BCUT2D eigenvalue weighted by Gasteiger charge is -2.28. The van der Waals surface area contributed by atoms with Gasteiger partial charge in [0.05, 0.1) is 19.9 Å². The number of benzene rings is 1. The van der Waals surface area contributed by atoms with E-state index in [1.165, 1.54) is 25.6 Å². The lowest BCUT2D eigenvalue weighted by atomic mass is 10.1. The topological polar surface area (TPSA) is 80.8 Å². The highest BCUT2D eigenvalue weighted by Crippen LogP contribution is 2.24. The molecule has 2 aromatic rings. The number of thiazole rings is 1. The third kappa shape index (κ3) is 5.43. The molecule has 2 amide bonds. The van der Waals surface area contributed by atoms with Gasteiger partial charge in [-0.25, -0.2) is 4.98 Å². The van der Waals surface area contributed by atoms with Crippen LogP contribution in [0.15, 0.2) is 23.6 Å². The van der Waals surface area contributed by atoms with Crippen molar-refractivity contribution in [3.05, 3.63) is 34.8 Å². The lowest BCUT2D eigenvalue weighted by Crippen LogP contribution is -2.43. The highest BCUT2D eigenvalue weighted by Gasteiger charge is 2.24. The molecular weight excluding hydrogens is 366 g/mol. The summed E-state index contributed by atoms with van der Waals surface area (Å²) in [6.07, 6.45) is 0.719. The molecule has 0 saturated carbocycles. The van der Waals surface area contributed by atoms with E-state index in [2.05, 4.69) is 10.3 Å². The Morgan fingerprint density at radius 3 is 2.33 bits per heavy atom. The van der Waals surface area contributed by atoms with Gasteiger partial charge >= 0.3 is 0 Å². The molecular formula is C19H25N3O4S. The third-order valence-corrected chi connectivity index (χ3v) is 5.04.